The lowest BCUT2D eigenvalue weighted by atomic mass is 9.71. The number of carbonyl (C=O) groups excluding carboxylic acids is 2. The maximum absolute atomic E-state index is 14.9. The average Bonchev–Trinajstić information content (AvgIpc) is 2.74. The molecule has 1 heterocycles. The molecule has 0 aromatic heterocycles. The number of nitrogens with one attached hydrogen (secondary N) is 1. The number of Topliss-reactive ketones (excluding diaryl/α,β-unsaturated/α-hetero) is 1. The SMILES string of the molecule is COC(=O)C1=C(C)NC2=C(C(=O)C[C@@H](c3ccc(F)cc3)C2)[C@H]1c1cc(Br)ccc1F. The standard InChI is InChI=1S/C24H20BrF2NO3/c1-12-21(24(30)31-2)22(17-11-15(25)5-8-18(17)27)23-19(28-12)9-14(10-20(23)29)13-3-6-16(26)7-4-13/h3-8,11,14,22,28H,9-10H2,1-2H3/t14-,22-/m0/s1. The van der Waals surface area contributed by atoms with Crippen molar-refractivity contribution >= 4 is 27.7 Å². The Morgan fingerprint density at radius 2 is 1.84 bits per heavy atom. The largest absolute Gasteiger partial charge is 0.466 e. The molecule has 4 rings (SSSR count). The molecule has 1 N–H and O–H groups in total. The van der Waals surface area contributed by atoms with Crippen molar-refractivity contribution in [1.29, 1.82) is 0 Å². The quantitative estimate of drug-likeness (QED) is 0.599. The number of hydrogen-bond acceptors (Lipinski definition) is 4. The summed E-state index contributed by atoms with van der Waals surface area (Å²) in [5.41, 5.74) is 2.85. The van der Waals surface area contributed by atoms with Crippen molar-refractivity contribution in [3.8, 4) is 0 Å². The normalized spacial score (nSPS) is 21.0. The molecule has 2 aliphatic rings. The monoisotopic (exact) mass is 487 g/mol. The molecule has 160 valence electrons. The van der Waals surface area contributed by atoms with Crippen molar-refractivity contribution < 1.29 is 23.1 Å². The van der Waals surface area contributed by atoms with Crippen molar-refractivity contribution in [3.63, 3.8) is 0 Å². The second-order valence-electron chi connectivity index (χ2n) is 7.73. The van der Waals surface area contributed by atoms with Gasteiger partial charge in [-0.2, -0.15) is 0 Å². The second-order valence-corrected chi connectivity index (χ2v) is 8.64. The minimum absolute atomic E-state index is 0.139. The van der Waals surface area contributed by atoms with E-state index in [1.54, 1.807) is 31.2 Å². The van der Waals surface area contributed by atoms with E-state index in [1.807, 2.05) is 0 Å². The van der Waals surface area contributed by atoms with E-state index < -0.39 is 17.7 Å². The van der Waals surface area contributed by atoms with Crippen LogP contribution in [0.25, 0.3) is 0 Å². The summed E-state index contributed by atoms with van der Waals surface area (Å²) in [5.74, 6) is -2.66. The first-order valence-corrected chi connectivity index (χ1v) is 10.6. The maximum Gasteiger partial charge on any atom is 0.336 e. The van der Waals surface area contributed by atoms with Crippen LogP contribution >= 0.6 is 15.9 Å². The van der Waals surface area contributed by atoms with Gasteiger partial charge in [0.15, 0.2) is 5.78 Å². The topological polar surface area (TPSA) is 55.4 Å². The first-order valence-electron chi connectivity index (χ1n) is 9.83. The van der Waals surface area contributed by atoms with Gasteiger partial charge in [0.1, 0.15) is 11.6 Å². The van der Waals surface area contributed by atoms with Gasteiger partial charge in [-0.15, -0.1) is 0 Å². The molecular formula is C24H20BrF2NO3. The molecule has 1 aliphatic heterocycles. The Hall–Kier alpha value is -2.80. The Labute approximate surface area is 187 Å². The Balaban J connectivity index is 1.84. The lowest BCUT2D eigenvalue weighted by Crippen LogP contribution is -2.36. The zero-order chi connectivity index (χ0) is 22.3. The molecule has 0 unspecified atom stereocenters. The summed E-state index contributed by atoms with van der Waals surface area (Å²) in [6.07, 6.45) is 0.677. The fraction of sp³-hybridized carbons (Fsp3) is 0.250. The van der Waals surface area contributed by atoms with Crippen LogP contribution in [0, 0.1) is 11.6 Å². The number of ketones is 1. The molecule has 0 fully saturated rings. The molecule has 2 aromatic carbocycles. The lowest BCUT2D eigenvalue weighted by Gasteiger charge is -2.36. The molecule has 0 amide bonds. The Kier molecular flexibility index (Phi) is 5.79. The number of rotatable bonds is 3. The summed E-state index contributed by atoms with van der Waals surface area (Å²) in [6, 6.07) is 10.6. The van der Waals surface area contributed by atoms with E-state index in [0.717, 1.165) is 5.56 Å². The van der Waals surface area contributed by atoms with Crippen LogP contribution in [0.1, 0.15) is 42.7 Å². The van der Waals surface area contributed by atoms with Crippen LogP contribution in [0.3, 0.4) is 0 Å². The van der Waals surface area contributed by atoms with Gasteiger partial charge in [-0.1, -0.05) is 28.1 Å². The first kappa shape index (κ1) is 21.4. The zero-order valence-corrected chi connectivity index (χ0v) is 18.6. The molecule has 2 atom stereocenters. The van der Waals surface area contributed by atoms with Gasteiger partial charge in [0.25, 0.3) is 0 Å². The maximum atomic E-state index is 14.9. The number of esters is 1. The van der Waals surface area contributed by atoms with E-state index in [1.165, 1.54) is 25.3 Å². The number of ether oxygens (including phenoxy) is 1. The third kappa shape index (κ3) is 3.94. The number of benzene rings is 2. The highest BCUT2D eigenvalue weighted by molar-refractivity contribution is 9.10. The fourth-order valence-electron chi connectivity index (χ4n) is 4.44. The molecule has 0 saturated heterocycles. The summed E-state index contributed by atoms with van der Waals surface area (Å²) in [4.78, 5) is 26.0. The van der Waals surface area contributed by atoms with Crippen molar-refractivity contribution in [2.45, 2.75) is 31.6 Å². The van der Waals surface area contributed by atoms with Crippen LogP contribution in [0.5, 0.6) is 0 Å². The van der Waals surface area contributed by atoms with Crippen LogP contribution in [-0.4, -0.2) is 18.9 Å². The van der Waals surface area contributed by atoms with Crippen LogP contribution < -0.4 is 5.32 Å². The summed E-state index contributed by atoms with van der Waals surface area (Å²) in [6.45, 7) is 1.71. The molecule has 31 heavy (non-hydrogen) atoms. The molecule has 0 saturated carbocycles. The van der Waals surface area contributed by atoms with Gasteiger partial charge in [-0.3, -0.25) is 4.79 Å². The van der Waals surface area contributed by atoms with Crippen molar-refractivity contribution in [2.24, 2.45) is 0 Å². The van der Waals surface area contributed by atoms with Crippen LogP contribution in [0.15, 0.2) is 69.5 Å². The first-order chi connectivity index (χ1) is 14.8. The van der Waals surface area contributed by atoms with Gasteiger partial charge in [-0.05, 0) is 55.2 Å². The van der Waals surface area contributed by atoms with Crippen LogP contribution in [0.4, 0.5) is 8.78 Å². The van der Waals surface area contributed by atoms with Gasteiger partial charge in [0, 0.05) is 33.4 Å². The molecule has 1 aliphatic carbocycles. The van der Waals surface area contributed by atoms with Crippen LogP contribution in [0.2, 0.25) is 0 Å². The van der Waals surface area contributed by atoms with Gasteiger partial charge in [-0.25, -0.2) is 13.6 Å². The van der Waals surface area contributed by atoms with Crippen LogP contribution in [-0.2, 0) is 14.3 Å². The number of halogens is 3. The van der Waals surface area contributed by atoms with Gasteiger partial charge >= 0.3 is 5.97 Å². The summed E-state index contributed by atoms with van der Waals surface area (Å²) >= 11 is 3.36. The Bertz CT molecular complexity index is 1140. The highest BCUT2D eigenvalue weighted by Gasteiger charge is 2.42. The van der Waals surface area contributed by atoms with Crippen molar-refractivity contribution in [1.82, 2.24) is 5.32 Å². The van der Waals surface area contributed by atoms with Gasteiger partial charge in [0.2, 0.25) is 0 Å². The minimum atomic E-state index is -0.872. The summed E-state index contributed by atoms with van der Waals surface area (Å²) < 4.78 is 33.8. The van der Waals surface area contributed by atoms with E-state index in [2.05, 4.69) is 21.2 Å². The smallest absolute Gasteiger partial charge is 0.336 e. The van der Waals surface area contributed by atoms with E-state index in [9.17, 15) is 18.4 Å². The van der Waals surface area contributed by atoms with Crippen molar-refractivity contribution in [3.05, 3.63) is 92.2 Å². The average molecular weight is 488 g/mol. The van der Waals surface area contributed by atoms with Gasteiger partial charge in [0.05, 0.1) is 18.6 Å². The van der Waals surface area contributed by atoms with E-state index >= 15 is 0 Å². The number of dihydropyridines is 1. The molecule has 0 bridgehead atoms. The Morgan fingerprint density at radius 3 is 2.52 bits per heavy atom. The molecule has 2 aromatic rings. The molecule has 0 radical (unpaired) electrons. The minimum Gasteiger partial charge on any atom is -0.466 e. The molecule has 0 spiro atoms. The third-order valence-corrected chi connectivity index (χ3v) is 6.34. The highest BCUT2D eigenvalue weighted by atomic mass is 79.9. The number of methoxy groups -OCH3 is 1. The molecule has 7 heteroatoms. The number of hydrogen-bond donors (Lipinski definition) is 1. The lowest BCUT2D eigenvalue weighted by molar-refractivity contribution is -0.136. The van der Waals surface area contributed by atoms with E-state index in [-0.39, 0.29) is 35.1 Å². The fourth-order valence-corrected chi connectivity index (χ4v) is 4.82. The summed E-state index contributed by atoms with van der Waals surface area (Å²) in [7, 11) is 1.26. The predicted molar refractivity (Wildman–Crippen MR) is 115 cm³/mol. The van der Waals surface area contributed by atoms with E-state index in [0.29, 0.717) is 27.9 Å². The second kappa shape index (κ2) is 8.38. The third-order valence-electron chi connectivity index (χ3n) is 5.84. The highest BCUT2D eigenvalue weighted by Crippen LogP contribution is 2.46. The predicted octanol–water partition coefficient (Wildman–Crippen LogP) is 5.26. The Morgan fingerprint density at radius 1 is 1.13 bits per heavy atom. The molecule has 4 nitrogen and oxygen atoms in total. The van der Waals surface area contributed by atoms with Crippen molar-refractivity contribution in [2.75, 3.05) is 7.11 Å². The molecular weight excluding hydrogens is 468 g/mol. The van der Waals surface area contributed by atoms with Gasteiger partial charge < -0.3 is 10.1 Å². The number of allylic oxidation sites excluding steroid dienone is 3. The van der Waals surface area contributed by atoms with E-state index in [4.69, 9.17) is 4.74 Å². The zero-order valence-electron chi connectivity index (χ0n) is 17.0. The number of carbonyl (C=O) groups is 2. The summed E-state index contributed by atoms with van der Waals surface area (Å²) in [5, 5.41) is 3.19.